The van der Waals surface area contributed by atoms with E-state index in [1.54, 1.807) is 46.8 Å². The predicted molar refractivity (Wildman–Crippen MR) is 174 cm³/mol. The second-order valence-electron chi connectivity index (χ2n) is 10.5. The number of piperazine rings is 1. The maximum atomic E-state index is 13.5. The minimum absolute atomic E-state index is 0.0561. The molecule has 9 heteroatoms. The van der Waals surface area contributed by atoms with Gasteiger partial charge in [-0.2, -0.15) is 4.31 Å². The van der Waals surface area contributed by atoms with Crippen LogP contribution in [0.2, 0.25) is 0 Å². The molecule has 0 spiro atoms. The molecule has 0 saturated carbocycles. The van der Waals surface area contributed by atoms with E-state index in [4.69, 9.17) is 4.74 Å². The second-order valence-corrected chi connectivity index (χ2v) is 13.3. The molecule has 1 heterocycles. The summed E-state index contributed by atoms with van der Waals surface area (Å²) in [5.74, 6) is 0.398. The van der Waals surface area contributed by atoms with Crippen LogP contribution in [0.15, 0.2) is 112 Å². The molecule has 0 aromatic heterocycles. The van der Waals surface area contributed by atoms with Gasteiger partial charge in [-0.25, -0.2) is 8.42 Å². The molecule has 5 rings (SSSR count). The van der Waals surface area contributed by atoms with Crippen LogP contribution < -0.4 is 10.1 Å². The fourth-order valence-corrected chi connectivity index (χ4v) is 7.15. The molecule has 4 aromatic carbocycles. The van der Waals surface area contributed by atoms with Gasteiger partial charge < -0.3 is 10.1 Å². The van der Waals surface area contributed by atoms with Crippen LogP contribution in [-0.2, 0) is 10.0 Å². The average molecular weight is 663 g/mol. The molecule has 1 saturated heterocycles. The van der Waals surface area contributed by atoms with E-state index >= 15 is 0 Å². The molecule has 1 N–H and O–H groups in total. The maximum Gasteiger partial charge on any atom is 0.255 e. The molecular weight excluding hydrogens is 626 g/mol. The first-order chi connectivity index (χ1) is 20.9. The van der Waals surface area contributed by atoms with E-state index in [1.807, 2.05) is 36.4 Å². The molecule has 43 heavy (non-hydrogen) atoms. The van der Waals surface area contributed by atoms with Gasteiger partial charge in [0.15, 0.2) is 0 Å². The summed E-state index contributed by atoms with van der Waals surface area (Å²) in [7, 11) is -3.68. The standard InChI is InChI=1S/C34H36BrN3O4S/c1-2-3-24-42-32-19-14-28(25-31(32)35)34(39)36-29-15-17-30(18-16-29)43(40,41)38-22-20-37(21-23-38)33(26-10-6-4-7-11-26)27-12-8-5-9-13-27/h4-19,25,33H,2-3,20-24H2,1H3,(H,36,39). The van der Waals surface area contributed by atoms with E-state index in [9.17, 15) is 13.2 Å². The largest absolute Gasteiger partial charge is 0.492 e. The van der Waals surface area contributed by atoms with Crippen LogP contribution in [0.5, 0.6) is 5.75 Å². The zero-order chi connectivity index (χ0) is 30.2. The van der Waals surface area contributed by atoms with E-state index in [0.29, 0.717) is 54.3 Å². The molecule has 224 valence electrons. The smallest absolute Gasteiger partial charge is 0.255 e. The summed E-state index contributed by atoms with van der Waals surface area (Å²) in [6.07, 6.45) is 2.00. The zero-order valence-electron chi connectivity index (χ0n) is 24.2. The Kier molecular flexibility index (Phi) is 10.3. The van der Waals surface area contributed by atoms with Gasteiger partial charge >= 0.3 is 0 Å². The summed E-state index contributed by atoms with van der Waals surface area (Å²) in [6.45, 7) is 4.73. The average Bonchev–Trinajstić information content (AvgIpc) is 3.03. The third kappa shape index (κ3) is 7.54. The Morgan fingerprint density at radius 3 is 2.02 bits per heavy atom. The van der Waals surface area contributed by atoms with Crippen LogP contribution >= 0.6 is 15.9 Å². The lowest BCUT2D eigenvalue weighted by molar-refractivity contribution is 0.102. The maximum absolute atomic E-state index is 13.5. The highest BCUT2D eigenvalue weighted by Gasteiger charge is 2.32. The van der Waals surface area contributed by atoms with Gasteiger partial charge in [0.2, 0.25) is 10.0 Å². The van der Waals surface area contributed by atoms with Crippen molar-refractivity contribution in [3.63, 3.8) is 0 Å². The van der Waals surface area contributed by atoms with Crippen molar-refractivity contribution in [3.05, 3.63) is 124 Å². The second kappa shape index (κ2) is 14.3. The van der Waals surface area contributed by atoms with Crippen molar-refractivity contribution in [1.29, 1.82) is 0 Å². The topological polar surface area (TPSA) is 78.9 Å². The number of carbonyl (C=O) groups excluding carboxylic acids is 1. The monoisotopic (exact) mass is 661 g/mol. The Hall–Kier alpha value is -3.50. The third-order valence-electron chi connectivity index (χ3n) is 7.57. The summed E-state index contributed by atoms with van der Waals surface area (Å²) in [5.41, 5.74) is 3.35. The van der Waals surface area contributed by atoms with E-state index < -0.39 is 10.0 Å². The Bertz CT molecular complexity index is 1570. The zero-order valence-corrected chi connectivity index (χ0v) is 26.6. The number of ether oxygens (including phenoxy) is 1. The number of unbranched alkanes of at least 4 members (excludes halogenated alkanes) is 1. The van der Waals surface area contributed by atoms with E-state index in [2.05, 4.69) is 57.3 Å². The molecule has 0 aliphatic carbocycles. The van der Waals surface area contributed by atoms with Crippen LogP contribution in [0.3, 0.4) is 0 Å². The number of rotatable bonds is 11. The number of anilines is 1. The van der Waals surface area contributed by atoms with E-state index in [0.717, 1.165) is 12.8 Å². The van der Waals surface area contributed by atoms with Crippen molar-refractivity contribution in [1.82, 2.24) is 9.21 Å². The predicted octanol–water partition coefficient (Wildman–Crippen LogP) is 6.98. The fraction of sp³-hybridized carbons (Fsp3) is 0.265. The molecule has 1 aliphatic heterocycles. The van der Waals surface area contributed by atoms with Crippen LogP contribution in [0, 0.1) is 0 Å². The number of amides is 1. The minimum atomic E-state index is -3.68. The van der Waals surface area contributed by atoms with Gasteiger partial charge in [-0.15, -0.1) is 0 Å². The molecule has 1 fully saturated rings. The number of nitrogens with zero attached hydrogens (tertiary/aromatic N) is 2. The van der Waals surface area contributed by atoms with Gasteiger partial charge in [0, 0.05) is 37.4 Å². The van der Waals surface area contributed by atoms with Gasteiger partial charge in [0.05, 0.1) is 22.0 Å². The minimum Gasteiger partial charge on any atom is -0.492 e. The molecule has 0 atom stereocenters. The van der Waals surface area contributed by atoms with Crippen molar-refractivity contribution in [2.75, 3.05) is 38.1 Å². The highest BCUT2D eigenvalue weighted by Crippen LogP contribution is 2.31. The van der Waals surface area contributed by atoms with Gasteiger partial charge in [-0.3, -0.25) is 9.69 Å². The van der Waals surface area contributed by atoms with Crippen LogP contribution in [0.4, 0.5) is 5.69 Å². The number of carbonyl (C=O) groups is 1. The quantitative estimate of drug-likeness (QED) is 0.176. The van der Waals surface area contributed by atoms with Crippen LogP contribution in [-0.4, -0.2) is 56.3 Å². The molecule has 0 unspecified atom stereocenters. The Morgan fingerprint density at radius 1 is 0.860 bits per heavy atom. The van der Waals surface area contributed by atoms with Gasteiger partial charge in [0.1, 0.15) is 5.75 Å². The van der Waals surface area contributed by atoms with E-state index in [-0.39, 0.29) is 16.8 Å². The molecule has 7 nitrogen and oxygen atoms in total. The summed E-state index contributed by atoms with van der Waals surface area (Å²) < 4.78 is 35.0. The first-order valence-electron chi connectivity index (χ1n) is 14.5. The van der Waals surface area contributed by atoms with Crippen molar-refractivity contribution in [2.24, 2.45) is 0 Å². The lowest BCUT2D eigenvalue weighted by Crippen LogP contribution is -2.49. The normalized spacial score (nSPS) is 14.5. The van der Waals surface area contributed by atoms with Crippen LogP contribution in [0.1, 0.15) is 47.3 Å². The first kappa shape index (κ1) is 30.9. The summed E-state index contributed by atoms with van der Waals surface area (Å²) in [6, 6.07) is 32.3. The Morgan fingerprint density at radius 2 is 1.47 bits per heavy atom. The highest BCUT2D eigenvalue weighted by molar-refractivity contribution is 9.10. The molecular formula is C34H36BrN3O4S. The molecule has 1 amide bonds. The van der Waals surface area contributed by atoms with Gasteiger partial charge in [-0.1, -0.05) is 74.0 Å². The fourth-order valence-electron chi connectivity index (χ4n) is 5.24. The lowest BCUT2D eigenvalue weighted by atomic mass is 9.96. The third-order valence-corrected chi connectivity index (χ3v) is 10.1. The van der Waals surface area contributed by atoms with Crippen molar-refractivity contribution >= 4 is 37.5 Å². The number of hydrogen-bond donors (Lipinski definition) is 1. The van der Waals surface area contributed by atoms with Crippen molar-refractivity contribution in [2.45, 2.75) is 30.7 Å². The highest BCUT2D eigenvalue weighted by atomic mass is 79.9. The van der Waals surface area contributed by atoms with Crippen molar-refractivity contribution in [3.8, 4) is 5.75 Å². The number of halogens is 1. The van der Waals surface area contributed by atoms with Gasteiger partial charge in [0.25, 0.3) is 5.91 Å². The van der Waals surface area contributed by atoms with Crippen LogP contribution in [0.25, 0.3) is 0 Å². The van der Waals surface area contributed by atoms with Gasteiger partial charge in [-0.05, 0) is 75.9 Å². The number of hydrogen-bond acceptors (Lipinski definition) is 5. The van der Waals surface area contributed by atoms with Crippen molar-refractivity contribution < 1.29 is 17.9 Å². The SMILES string of the molecule is CCCCOc1ccc(C(=O)Nc2ccc(S(=O)(=O)N3CCN(C(c4ccccc4)c4ccccc4)CC3)cc2)cc1Br. The Balaban J connectivity index is 1.22. The number of benzene rings is 4. The molecule has 0 radical (unpaired) electrons. The number of nitrogens with one attached hydrogen (secondary N) is 1. The summed E-state index contributed by atoms with van der Waals surface area (Å²) >= 11 is 3.48. The Labute approximate surface area is 262 Å². The number of sulfonamides is 1. The van der Waals surface area contributed by atoms with E-state index in [1.165, 1.54) is 11.1 Å². The molecule has 0 bridgehead atoms. The summed E-state index contributed by atoms with van der Waals surface area (Å²) in [5, 5.41) is 2.85. The first-order valence-corrected chi connectivity index (χ1v) is 16.8. The molecule has 1 aliphatic rings. The summed E-state index contributed by atoms with van der Waals surface area (Å²) in [4.78, 5) is 15.4. The molecule has 4 aromatic rings. The lowest BCUT2D eigenvalue weighted by Gasteiger charge is -2.39.